The van der Waals surface area contributed by atoms with Crippen LogP contribution in [0.15, 0.2) is 47.4 Å². The van der Waals surface area contributed by atoms with E-state index >= 15 is 0 Å². The van der Waals surface area contributed by atoms with Crippen molar-refractivity contribution in [2.45, 2.75) is 17.4 Å². The lowest BCUT2D eigenvalue weighted by molar-refractivity contribution is -0.138. The van der Waals surface area contributed by atoms with Crippen molar-refractivity contribution in [2.24, 2.45) is 5.73 Å². The summed E-state index contributed by atoms with van der Waals surface area (Å²) in [5.74, 6) is -0.1000. The first-order valence-electron chi connectivity index (χ1n) is 6.69. The standard InChI is InChI=1S/C10H8O3S.C5H11NO2S/c11-14(12,13)10-6-5-8-3-1-2-4-9(8)7-10;1-9-3-2-4(6)5(7)8/h1-7H,(H,11,12,13);4H,2-3,6H2,1H3,(H,7,8)/t;4-/m.0/s1. The van der Waals surface area contributed by atoms with Gasteiger partial charge in [-0.25, -0.2) is 0 Å². The van der Waals surface area contributed by atoms with Crippen LogP contribution >= 0.6 is 11.8 Å². The Morgan fingerprint density at radius 1 is 1.22 bits per heavy atom. The summed E-state index contributed by atoms with van der Waals surface area (Å²) in [7, 11) is -4.09. The molecule has 0 fully saturated rings. The molecule has 0 saturated carbocycles. The van der Waals surface area contributed by atoms with Gasteiger partial charge < -0.3 is 10.8 Å². The van der Waals surface area contributed by atoms with Crippen LogP contribution in [-0.2, 0) is 14.9 Å². The zero-order valence-corrected chi connectivity index (χ0v) is 14.2. The fraction of sp³-hybridized carbons (Fsp3) is 0.267. The quantitative estimate of drug-likeness (QED) is 0.702. The fourth-order valence-electron chi connectivity index (χ4n) is 1.70. The highest BCUT2D eigenvalue weighted by Crippen LogP contribution is 2.18. The van der Waals surface area contributed by atoms with Gasteiger partial charge in [-0.15, -0.1) is 0 Å². The molecule has 0 unspecified atom stereocenters. The predicted octanol–water partition coefficient (Wildman–Crippen LogP) is 2.24. The summed E-state index contributed by atoms with van der Waals surface area (Å²) in [6.07, 6.45) is 2.48. The Balaban J connectivity index is 0.000000257. The van der Waals surface area contributed by atoms with Crippen molar-refractivity contribution in [1.82, 2.24) is 0 Å². The number of aliphatic carboxylic acids is 1. The van der Waals surface area contributed by atoms with Crippen molar-refractivity contribution in [3.05, 3.63) is 42.5 Å². The van der Waals surface area contributed by atoms with E-state index in [4.69, 9.17) is 15.4 Å². The summed E-state index contributed by atoms with van der Waals surface area (Å²) in [6, 6.07) is 11.2. The van der Waals surface area contributed by atoms with Gasteiger partial charge in [0.1, 0.15) is 6.04 Å². The van der Waals surface area contributed by atoms with Crippen LogP contribution in [-0.4, -0.2) is 42.1 Å². The maximum absolute atomic E-state index is 10.8. The highest BCUT2D eigenvalue weighted by atomic mass is 32.2. The van der Waals surface area contributed by atoms with Crippen LogP contribution in [0.25, 0.3) is 10.8 Å². The first-order valence-corrected chi connectivity index (χ1v) is 9.52. The molecule has 0 radical (unpaired) electrons. The van der Waals surface area contributed by atoms with Crippen molar-refractivity contribution >= 4 is 38.6 Å². The van der Waals surface area contributed by atoms with E-state index in [1.807, 2.05) is 24.5 Å². The number of nitrogens with two attached hydrogens (primary N) is 1. The monoisotopic (exact) mass is 357 g/mol. The van der Waals surface area contributed by atoms with E-state index in [2.05, 4.69) is 0 Å². The van der Waals surface area contributed by atoms with E-state index in [-0.39, 0.29) is 4.90 Å². The fourth-order valence-corrected chi connectivity index (χ4v) is 2.70. The maximum atomic E-state index is 10.8. The number of hydrogen-bond donors (Lipinski definition) is 3. The molecule has 0 spiro atoms. The van der Waals surface area contributed by atoms with Crippen LogP contribution in [0.2, 0.25) is 0 Å². The molecule has 2 aromatic rings. The number of carbonyl (C=O) groups is 1. The molecule has 0 aromatic heterocycles. The zero-order valence-electron chi connectivity index (χ0n) is 12.5. The third-order valence-corrected chi connectivity index (χ3v) is 4.46. The van der Waals surface area contributed by atoms with E-state index in [0.717, 1.165) is 16.5 Å². The van der Waals surface area contributed by atoms with Crippen LogP contribution in [0.5, 0.6) is 0 Å². The summed E-state index contributed by atoms with van der Waals surface area (Å²) in [4.78, 5) is 10.00. The summed E-state index contributed by atoms with van der Waals surface area (Å²) in [5, 5.41) is 10.0. The van der Waals surface area contributed by atoms with Crippen molar-refractivity contribution in [1.29, 1.82) is 0 Å². The summed E-state index contributed by atoms with van der Waals surface area (Å²) >= 11 is 1.60. The highest BCUT2D eigenvalue weighted by Gasteiger charge is 2.09. The SMILES string of the molecule is CSCC[C@H](N)C(=O)O.O=S(=O)(O)c1ccc2ccccc2c1. The van der Waals surface area contributed by atoms with Gasteiger partial charge in [-0.2, -0.15) is 20.2 Å². The minimum atomic E-state index is -4.09. The molecule has 23 heavy (non-hydrogen) atoms. The largest absolute Gasteiger partial charge is 0.480 e. The third kappa shape index (κ3) is 6.57. The molecular weight excluding hydrogens is 338 g/mol. The molecule has 0 bridgehead atoms. The van der Waals surface area contributed by atoms with E-state index in [1.165, 1.54) is 12.1 Å². The van der Waals surface area contributed by atoms with Gasteiger partial charge in [-0.3, -0.25) is 9.35 Å². The van der Waals surface area contributed by atoms with Gasteiger partial charge in [-0.05, 0) is 41.3 Å². The van der Waals surface area contributed by atoms with Gasteiger partial charge in [0.05, 0.1) is 4.90 Å². The topological polar surface area (TPSA) is 118 Å². The van der Waals surface area contributed by atoms with Crippen molar-refractivity contribution in [2.75, 3.05) is 12.0 Å². The van der Waals surface area contributed by atoms with E-state index < -0.39 is 22.1 Å². The Labute approximate surface area is 139 Å². The molecule has 126 valence electrons. The van der Waals surface area contributed by atoms with Crippen molar-refractivity contribution in [3.63, 3.8) is 0 Å². The molecule has 8 heteroatoms. The molecule has 0 aliphatic heterocycles. The average Bonchev–Trinajstić information content (AvgIpc) is 2.51. The zero-order chi connectivity index (χ0) is 17.5. The highest BCUT2D eigenvalue weighted by molar-refractivity contribution is 7.98. The lowest BCUT2D eigenvalue weighted by Crippen LogP contribution is -2.30. The second-order valence-electron chi connectivity index (χ2n) is 4.71. The molecule has 0 heterocycles. The van der Waals surface area contributed by atoms with Crippen LogP contribution in [0.4, 0.5) is 0 Å². The molecule has 4 N–H and O–H groups in total. The molecule has 2 rings (SSSR count). The minimum absolute atomic E-state index is 0.0730. The Hall–Kier alpha value is -1.61. The summed E-state index contributed by atoms with van der Waals surface area (Å²) in [6.45, 7) is 0. The number of carboxylic acid groups (broad SMARTS) is 1. The number of fused-ring (bicyclic) bond motifs is 1. The minimum Gasteiger partial charge on any atom is -0.480 e. The van der Waals surface area contributed by atoms with Crippen LogP contribution in [0.3, 0.4) is 0 Å². The number of hydrogen-bond acceptors (Lipinski definition) is 5. The van der Waals surface area contributed by atoms with Crippen molar-refractivity contribution < 1.29 is 22.9 Å². The molecule has 2 aromatic carbocycles. The molecule has 6 nitrogen and oxygen atoms in total. The van der Waals surface area contributed by atoms with Crippen LogP contribution in [0, 0.1) is 0 Å². The normalized spacial score (nSPS) is 12.3. The van der Waals surface area contributed by atoms with Crippen molar-refractivity contribution in [3.8, 4) is 0 Å². The summed E-state index contributed by atoms with van der Waals surface area (Å²) in [5.41, 5.74) is 5.19. The molecule has 1 atom stereocenters. The Morgan fingerprint density at radius 3 is 2.35 bits per heavy atom. The van der Waals surface area contributed by atoms with Crippen LogP contribution in [0.1, 0.15) is 6.42 Å². The predicted molar refractivity (Wildman–Crippen MR) is 92.4 cm³/mol. The number of rotatable bonds is 5. The third-order valence-electron chi connectivity index (χ3n) is 2.97. The first kappa shape index (κ1) is 19.4. The Morgan fingerprint density at radius 2 is 1.83 bits per heavy atom. The summed E-state index contributed by atoms with van der Waals surface area (Å²) < 4.78 is 30.5. The molecule has 0 saturated heterocycles. The van der Waals surface area contributed by atoms with E-state index in [0.29, 0.717) is 6.42 Å². The van der Waals surface area contributed by atoms with Gasteiger partial charge in [0, 0.05) is 0 Å². The Bertz CT molecular complexity index is 761. The number of carboxylic acids is 1. The van der Waals surface area contributed by atoms with Gasteiger partial charge >= 0.3 is 5.97 Å². The lowest BCUT2D eigenvalue weighted by atomic mass is 10.1. The molecule has 0 aliphatic carbocycles. The molecule has 0 amide bonds. The first-order chi connectivity index (χ1) is 10.8. The van der Waals surface area contributed by atoms with Gasteiger partial charge in [0.25, 0.3) is 10.1 Å². The molecule has 0 aliphatic rings. The van der Waals surface area contributed by atoms with Crippen LogP contribution < -0.4 is 5.73 Å². The maximum Gasteiger partial charge on any atom is 0.320 e. The van der Waals surface area contributed by atoms with Gasteiger partial charge in [0.15, 0.2) is 0 Å². The van der Waals surface area contributed by atoms with E-state index in [9.17, 15) is 13.2 Å². The lowest BCUT2D eigenvalue weighted by Gasteiger charge is -2.02. The Kier molecular flexibility index (Phi) is 7.50. The second-order valence-corrected chi connectivity index (χ2v) is 7.12. The smallest absolute Gasteiger partial charge is 0.320 e. The van der Waals surface area contributed by atoms with E-state index in [1.54, 1.807) is 23.9 Å². The van der Waals surface area contributed by atoms with Gasteiger partial charge in [0.2, 0.25) is 0 Å². The average molecular weight is 357 g/mol. The second kappa shape index (κ2) is 8.88. The molecular formula is C15H19NO5S2. The number of thioether (sulfide) groups is 1. The van der Waals surface area contributed by atoms with Gasteiger partial charge in [-0.1, -0.05) is 30.3 Å². The number of benzene rings is 2.